The number of hydrogen-bond acceptors (Lipinski definition) is 3. The molecule has 1 aliphatic heterocycles. The maximum atomic E-state index is 13.3. The van der Waals surface area contributed by atoms with Crippen LogP contribution in [0.15, 0.2) is 0 Å². The second-order valence-corrected chi connectivity index (χ2v) is 7.27. The fourth-order valence-electron chi connectivity index (χ4n) is 3.81. The van der Waals surface area contributed by atoms with Crippen LogP contribution in [-0.2, 0) is 9.53 Å². The van der Waals surface area contributed by atoms with Crippen molar-refractivity contribution in [2.24, 2.45) is 5.92 Å². The molecule has 0 aromatic carbocycles. The Morgan fingerprint density at radius 3 is 2.04 bits per heavy atom. The van der Waals surface area contributed by atoms with Gasteiger partial charge in [-0.1, -0.05) is 26.7 Å². The van der Waals surface area contributed by atoms with Crippen LogP contribution < -0.4 is 0 Å². The lowest BCUT2D eigenvalue weighted by atomic mass is 9.92. The summed E-state index contributed by atoms with van der Waals surface area (Å²) in [5, 5.41) is 0. The van der Waals surface area contributed by atoms with Crippen LogP contribution in [0.3, 0.4) is 0 Å². The quantitative estimate of drug-likeness (QED) is 0.603. The first-order chi connectivity index (χ1) is 10.9. The molecule has 4 nitrogen and oxygen atoms in total. The first-order valence-electron chi connectivity index (χ1n) is 9.58. The van der Waals surface area contributed by atoms with Gasteiger partial charge in [-0.2, -0.15) is 0 Å². The van der Waals surface area contributed by atoms with E-state index in [1.165, 1.54) is 0 Å². The fraction of sp³-hybridized carbons (Fsp3) is 0.947. The number of piperidine rings is 1. The van der Waals surface area contributed by atoms with E-state index < -0.39 is 5.72 Å². The molecule has 0 radical (unpaired) electrons. The zero-order valence-electron chi connectivity index (χ0n) is 16.2. The van der Waals surface area contributed by atoms with Crippen LogP contribution in [0.2, 0.25) is 0 Å². The molecule has 1 saturated heterocycles. The second kappa shape index (κ2) is 9.63. The van der Waals surface area contributed by atoms with Crippen LogP contribution in [0.1, 0.15) is 73.1 Å². The van der Waals surface area contributed by atoms with Crippen LogP contribution in [0.4, 0.5) is 0 Å². The first-order valence-corrected chi connectivity index (χ1v) is 9.58. The molecule has 0 bridgehead atoms. The maximum Gasteiger partial charge on any atom is 0.227 e. The lowest BCUT2D eigenvalue weighted by Gasteiger charge is -2.49. The average molecular weight is 327 g/mol. The Hall–Kier alpha value is -0.610. The highest BCUT2D eigenvalue weighted by atomic mass is 16.5. The van der Waals surface area contributed by atoms with Gasteiger partial charge in [0, 0.05) is 38.4 Å². The van der Waals surface area contributed by atoms with Gasteiger partial charge in [-0.15, -0.1) is 0 Å². The molecular formula is C19H38N2O2. The number of carbonyl (C=O) groups is 1. The monoisotopic (exact) mass is 326 g/mol. The van der Waals surface area contributed by atoms with Gasteiger partial charge in [-0.05, 0) is 40.7 Å². The number of ether oxygens (including phenoxy) is 1. The molecule has 1 aliphatic rings. The van der Waals surface area contributed by atoms with E-state index in [4.69, 9.17) is 4.74 Å². The van der Waals surface area contributed by atoms with Crippen LogP contribution in [0, 0.1) is 5.92 Å². The van der Waals surface area contributed by atoms with Gasteiger partial charge in [0.25, 0.3) is 0 Å². The number of carbonyl (C=O) groups excluding carboxylic acids is 1. The Bertz CT molecular complexity index is 343. The summed E-state index contributed by atoms with van der Waals surface area (Å²) in [6.07, 6.45) is 6.06. The van der Waals surface area contributed by atoms with E-state index in [0.717, 1.165) is 58.2 Å². The minimum atomic E-state index is -0.410. The Kier molecular flexibility index (Phi) is 8.56. The minimum Gasteiger partial charge on any atom is -0.353 e. The predicted octanol–water partition coefficient (Wildman–Crippen LogP) is 3.90. The second-order valence-electron chi connectivity index (χ2n) is 7.27. The molecule has 1 rings (SSSR count). The smallest absolute Gasteiger partial charge is 0.227 e. The summed E-state index contributed by atoms with van der Waals surface area (Å²) >= 11 is 0. The van der Waals surface area contributed by atoms with Crippen molar-refractivity contribution in [1.29, 1.82) is 0 Å². The summed E-state index contributed by atoms with van der Waals surface area (Å²) < 4.78 is 6.39. The van der Waals surface area contributed by atoms with Crippen LogP contribution in [0.5, 0.6) is 0 Å². The van der Waals surface area contributed by atoms with Gasteiger partial charge < -0.3 is 14.5 Å². The highest BCUT2D eigenvalue weighted by Crippen LogP contribution is 2.33. The van der Waals surface area contributed by atoms with Crippen molar-refractivity contribution in [3.63, 3.8) is 0 Å². The molecule has 4 heteroatoms. The van der Waals surface area contributed by atoms with Crippen LogP contribution >= 0.6 is 0 Å². The molecule has 0 saturated carbocycles. The van der Waals surface area contributed by atoms with Crippen molar-refractivity contribution in [2.75, 3.05) is 26.7 Å². The van der Waals surface area contributed by atoms with E-state index in [2.05, 4.69) is 51.5 Å². The van der Waals surface area contributed by atoms with Gasteiger partial charge >= 0.3 is 0 Å². The number of hydrogen-bond donors (Lipinski definition) is 0. The largest absolute Gasteiger partial charge is 0.353 e. The van der Waals surface area contributed by atoms with Gasteiger partial charge in [0.15, 0.2) is 0 Å². The molecule has 136 valence electrons. The molecule has 0 atom stereocenters. The third-order valence-corrected chi connectivity index (χ3v) is 4.92. The lowest BCUT2D eigenvalue weighted by molar-refractivity contribution is -0.207. The van der Waals surface area contributed by atoms with E-state index in [1.54, 1.807) is 0 Å². The van der Waals surface area contributed by atoms with E-state index in [9.17, 15) is 4.79 Å². The van der Waals surface area contributed by atoms with Crippen molar-refractivity contribution >= 4 is 5.91 Å². The third kappa shape index (κ3) is 5.46. The average Bonchev–Trinajstić information content (AvgIpc) is 2.50. The fourth-order valence-corrected chi connectivity index (χ4v) is 3.81. The molecule has 0 aromatic rings. The molecule has 1 heterocycles. The van der Waals surface area contributed by atoms with Gasteiger partial charge in [-0.25, -0.2) is 0 Å². The minimum absolute atomic E-state index is 0.135. The molecule has 0 unspecified atom stereocenters. The van der Waals surface area contributed by atoms with Crippen molar-refractivity contribution in [3.05, 3.63) is 0 Å². The highest BCUT2D eigenvalue weighted by molar-refractivity contribution is 5.79. The summed E-state index contributed by atoms with van der Waals surface area (Å²) in [5.74, 6) is 0.457. The maximum absolute atomic E-state index is 13.3. The van der Waals surface area contributed by atoms with Gasteiger partial charge in [0.1, 0.15) is 5.72 Å². The predicted molar refractivity (Wildman–Crippen MR) is 96.4 cm³/mol. The summed E-state index contributed by atoms with van der Waals surface area (Å²) in [6.45, 7) is 13.3. The Balaban J connectivity index is 3.01. The third-order valence-electron chi connectivity index (χ3n) is 4.92. The molecule has 0 aromatic heterocycles. The Labute approximate surface area is 143 Å². The number of amides is 1. The zero-order valence-corrected chi connectivity index (χ0v) is 16.2. The van der Waals surface area contributed by atoms with Crippen molar-refractivity contribution < 1.29 is 9.53 Å². The zero-order chi connectivity index (χ0) is 17.5. The van der Waals surface area contributed by atoms with E-state index >= 15 is 0 Å². The van der Waals surface area contributed by atoms with E-state index in [0.29, 0.717) is 5.91 Å². The van der Waals surface area contributed by atoms with Crippen molar-refractivity contribution in [2.45, 2.75) is 85.0 Å². The number of nitrogens with zero attached hydrogens (tertiary/aromatic N) is 2. The number of likely N-dealkylation sites (tertiary alicyclic amines) is 1. The number of rotatable bonds is 9. The Morgan fingerprint density at radius 1 is 1.13 bits per heavy atom. The van der Waals surface area contributed by atoms with Crippen molar-refractivity contribution in [3.8, 4) is 0 Å². The summed E-state index contributed by atoms with van der Waals surface area (Å²) in [6, 6.07) is 0. The SMILES string of the molecule is CCCC(CCC)C(=O)N(CC)C1(OC(C)C)CCN(C)CC1. The van der Waals surface area contributed by atoms with E-state index in [1.807, 2.05) is 0 Å². The van der Waals surface area contributed by atoms with Crippen LogP contribution in [0.25, 0.3) is 0 Å². The topological polar surface area (TPSA) is 32.8 Å². The lowest BCUT2D eigenvalue weighted by Crippen LogP contribution is -2.60. The van der Waals surface area contributed by atoms with Gasteiger partial charge in [0.2, 0.25) is 5.91 Å². The molecule has 1 amide bonds. The molecule has 0 spiro atoms. The molecule has 0 N–H and O–H groups in total. The first kappa shape index (κ1) is 20.4. The normalized spacial score (nSPS) is 18.6. The summed E-state index contributed by atoms with van der Waals surface area (Å²) in [7, 11) is 2.15. The summed E-state index contributed by atoms with van der Waals surface area (Å²) in [5.41, 5.74) is -0.410. The molecule has 1 fully saturated rings. The standard InChI is InChI=1S/C19H38N2O2/c1-7-10-17(11-8-2)18(22)21(9-3)19(23-16(4)5)12-14-20(6)15-13-19/h16-17H,7-15H2,1-6H3. The highest BCUT2D eigenvalue weighted by Gasteiger charge is 2.44. The van der Waals surface area contributed by atoms with Gasteiger partial charge in [-0.3, -0.25) is 4.79 Å². The molecule has 23 heavy (non-hydrogen) atoms. The van der Waals surface area contributed by atoms with Crippen molar-refractivity contribution in [1.82, 2.24) is 9.80 Å². The van der Waals surface area contributed by atoms with E-state index in [-0.39, 0.29) is 12.0 Å². The molecule has 0 aliphatic carbocycles. The molecular weight excluding hydrogens is 288 g/mol. The van der Waals surface area contributed by atoms with Gasteiger partial charge in [0.05, 0.1) is 6.10 Å². The summed E-state index contributed by atoms with van der Waals surface area (Å²) in [4.78, 5) is 17.6. The Morgan fingerprint density at radius 2 is 1.65 bits per heavy atom. The van der Waals surface area contributed by atoms with Crippen LogP contribution in [-0.4, -0.2) is 54.2 Å².